The van der Waals surface area contributed by atoms with Crippen molar-refractivity contribution in [3.05, 3.63) is 52.5 Å². The van der Waals surface area contributed by atoms with Crippen LogP contribution in [0.1, 0.15) is 6.42 Å². The van der Waals surface area contributed by atoms with Gasteiger partial charge < -0.3 is 15.4 Å². The van der Waals surface area contributed by atoms with Crippen molar-refractivity contribution >= 4 is 46.4 Å². The SMILES string of the molecule is COc1cccc(NC(=O)C2CC2C(=O)Nc2ccc(Cl)c(Cl)c2)c1. The van der Waals surface area contributed by atoms with Gasteiger partial charge >= 0.3 is 0 Å². The van der Waals surface area contributed by atoms with E-state index in [0.717, 1.165) is 0 Å². The lowest BCUT2D eigenvalue weighted by molar-refractivity contribution is -0.122. The summed E-state index contributed by atoms with van der Waals surface area (Å²) in [7, 11) is 1.56. The molecule has 0 heterocycles. The second kappa shape index (κ2) is 7.33. The minimum Gasteiger partial charge on any atom is -0.497 e. The number of nitrogens with one attached hydrogen (secondary N) is 2. The van der Waals surface area contributed by atoms with Crippen LogP contribution in [0.15, 0.2) is 42.5 Å². The van der Waals surface area contributed by atoms with Crippen LogP contribution in [0.3, 0.4) is 0 Å². The van der Waals surface area contributed by atoms with E-state index >= 15 is 0 Å². The van der Waals surface area contributed by atoms with E-state index in [4.69, 9.17) is 27.9 Å². The molecule has 0 spiro atoms. The average Bonchev–Trinajstić information content (AvgIpc) is 3.39. The second-order valence-electron chi connectivity index (χ2n) is 5.79. The molecule has 0 bridgehead atoms. The first kappa shape index (κ1) is 17.6. The van der Waals surface area contributed by atoms with Gasteiger partial charge in [-0.05, 0) is 36.8 Å². The first-order chi connectivity index (χ1) is 12.0. The Morgan fingerprint density at radius 3 is 2.20 bits per heavy atom. The molecule has 25 heavy (non-hydrogen) atoms. The van der Waals surface area contributed by atoms with Crippen molar-refractivity contribution in [3.63, 3.8) is 0 Å². The number of methoxy groups -OCH3 is 1. The highest BCUT2D eigenvalue weighted by Crippen LogP contribution is 2.40. The quantitative estimate of drug-likeness (QED) is 0.818. The fourth-order valence-corrected chi connectivity index (χ4v) is 2.82. The fourth-order valence-electron chi connectivity index (χ4n) is 2.52. The molecule has 2 N–H and O–H groups in total. The summed E-state index contributed by atoms with van der Waals surface area (Å²) in [6.45, 7) is 0. The van der Waals surface area contributed by atoms with E-state index in [0.29, 0.717) is 33.6 Å². The van der Waals surface area contributed by atoms with Gasteiger partial charge in [-0.3, -0.25) is 9.59 Å². The lowest BCUT2D eigenvalue weighted by Gasteiger charge is -2.08. The van der Waals surface area contributed by atoms with Gasteiger partial charge in [0.15, 0.2) is 0 Å². The molecule has 0 aliphatic heterocycles. The van der Waals surface area contributed by atoms with Crippen LogP contribution < -0.4 is 15.4 Å². The molecule has 2 amide bonds. The minimum absolute atomic E-state index is 0.178. The van der Waals surface area contributed by atoms with E-state index < -0.39 is 0 Å². The van der Waals surface area contributed by atoms with Crippen LogP contribution in [-0.2, 0) is 9.59 Å². The number of halogens is 2. The van der Waals surface area contributed by atoms with Crippen LogP contribution >= 0.6 is 23.2 Å². The summed E-state index contributed by atoms with van der Waals surface area (Å²) in [5.74, 6) is -0.414. The topological polar surface area (TPSA) is 67.4 Å². The van der Waals surface area contributed by atoms with E-state index in [1.54, 1.807) is 49.6 Å². The molecule has 0 radical (unpaired) electrons. The van der Waals surface area contributed by atoms with Crippen molar-refractivity contribution in [3.8, 4) is 5.75 Å². The smallest absolute Gasteiger partial charge is 0.228 e. The summed E-state index contributed by atoms with van der Waals surface area (Å²) < 4.78 is 5.12. The van der Waals surface area contributed by atoms with E-state index in [-0.39, 0.29) is 23.7 Å². The van der Waals surface area contributed by atoms with Crippen molar-refractivity contribution < 1.29 is 14.3 Å². The first-order valence-corrected chi connectivity index (χ1v) is 8.44. The molecule has 1 saturated carbocycles. The number of benzene rings is 2. The number of hydrogen-bond donors (Lipinski definition) is 2. The summed E-state index contributed by atoms with van der Waals surface area (Å²) >= 11 is 11.8. The molecule has 2 aromatic rings. The van der Waals surface area contributed by atoms with Crippen LogP contribution in [0.2, 0.25) is 10.0 Å². The standard InChI is InChI=1S/C18H16Cl2N2O3/c1-25-12-4-2-3-10(7-12)21-17(23)13-9-14(13)18(24)22-11-5-6-15(19)16(20)8-11/h2-8,13-14H,9H2,1H3,(H,21,23)(H,22,24). The molecule has 2 aromatic carbocycles. The Labute approximate surface area is 155 Å². The van der Waals surface area contributed by atoms with Gasteiger partial charge in [0.05, 0.1) is 29.0 Å². The van der Waals surface area contributed by atoms with E-state index in [1.165, 1.54) is 0 Å². The lowest BCUT2D eigenvalue weighted by atomic mass is 10.2. The van der Waals surface area contributed by atoms with Crippen LogP contribution in [0.4, 0.5) is 11.4 Å². The molecule has 3 rings (SSSR count). The third-order valence-corrected chi connectivity index (χ3v) is 4.73. The summed E-state index contributed by atoms with van der Waals surface area (Å²) in [6, 6.07) is 11.9. The molecule has 1 aliphatic rings. The maximum atomic E-state index is 12.3. The largest absolute Gasteiger partial charge is 0.497 e. The molecule has 1 fully saturated rings. The van der Waals surface area contributed by atoms with Crippen molar-refractivity contribution in [1.82, 2.24) is 0 Å². The van der Waals surface area contributed by atoms with Gasteiger partial charge in [-0.25, -0.2) is 0 Å². The fraction of sp³-hybridized carbons (Fsp3) is 0.222. The maximum absolute atomic E-state index is 12.3. The summed E-state index contributed by atoms with van der Waals surface area (Å²) in [5.41, 5.74) is 1.19. The van der Waals surface area contributed by atoms with Gasteiger partial charge in [-0.15, -0.1) is 0 Å². The van der Waals surface area contributed by atoms with E-state index in [2.05, 4.69) is 10.6 Å². The zero-order valence-corrected chi connectivity index (χ0v) is 14.9. The van der Waals surface area contributed by atoms with Gasteiger partial charge in [0.2, 0.25) is 11.8 Å². The van der Waals surface area contributed by atoms with Gasteiger partial charge in [0, 0.05) is 17.4 Å². The van der Waals surface area contributed by atoms with Crippen LogP contribution in [-0.4, -0.2) is 18.9 Å². The third kappa shape index (κ3) is 4.24. The number of anilines is 2. The van der Waals surface area contributed by atoms with Crippen molar-refractivity contribution in [2.75, 3.05) is 17.7 Å². The van der Waals surface area contributed by atoms with Crippen LogP contribution in [0.25, 0.3) is 0 Å². The van der Waals surface area contributed by atoms with Gasteiger partial charge in [0.1, 0.15) is 5.75 Å². The second-order valence-corrected chi connectivity index (χ2v) is 6.60. The number of carbonyl (C=O) groups excluding carboxylic acids is 2. The highest BCUT2D eigenvalue weighted by molar-refractivity contribution is 6.42. The highest BCUT2D eigenvalue weighted by Gasteiger charge is 2.48. The van der Waals surface area contributed by atoms with Crippen molar-refractivity contribution in [2.24, 2.45) is 11.8 Å². The number of ether oxygens (including phenoxy) is 1. The number of hydrogen-bond acceptors (Lipinski definition) is 3. The Morgan fingerprint density at radius 1 is 0.960 bits per heavy atom. The Kier molecular flexibility index (Phi) is 5.16. The van der Waals surface area contributed by atoms with Crippen LogP contribution in [0.5, 0.6) is 5.75 Å². The molecular weight excluding hydrogens is 363 g/mol. The highest BCUT2D eigenvalue weighted by atomic mass is 35.5. The normalized spacial score (nSPS) is 18.4. The maximum Gasteiger partial charge on any atom is 0.228 e. The van der Waals surface area contributed by atoms with Gasteiger partial charge in [-0.1, -0.05) is 29.3 Å². The predicted octanol–water partition coefficient (Wildman–Crippen LogP) is 4.22. The van der Waals surface area contributed by atoms with E-state index in [1.807, 2.05) is 0 Å². The molecule has 130 valence electrons. The van der Waals surface area contributed by atoms with Gasteiger partial charge in [0.25, 0.3) is 0 Å². The Bertz CT molecular complexity index is 826. The Hall–Kier alpha value is -2.24. The number of carbonyl (C=O) groups is 2. The van der Waals surface area contributed by atoms with Crippen molar-refractivity contribution in [1.29, 1.82) is 0 Å². The number of amides is 2. The minimum atomic E-state index is -0.347. The molecule has 1 aliphatic carbocycles. The molecule has 2 atom stereocenters. The molecule has 7 heteroatoms. The number of rotatable bonds is 5. The molecule has 0 saturated heterocycles. The van der Waals surface area contributed by atoms with Crippen molar-refractivity contribution in [2.45, 2.75) is 6.42 Å². The summed E-state index contributed by atoms with van der Waals surface area (Å²) in [6.07, 6.45) is 0.517. The van der Waals surface area contributed by atoms with Crippen LogP contribution in [0, 0.1) is 11.8 Å². The van der Waals surface area contributed by atoms with Gasteiger partial charge in [-0.2, -0.15) is 0 Å². The monoisotopic (exact) mass is 378 g/mol. The predicted molar refractivity (Wildman–Crippen MR) is 98.3 cm³/mol. The molecule has 5 nitrogen and oxygen atoms in total. The average molecular weight is 379 g/mol. The zero-order valence-electron chi connectivity index (χ0n) is 13.4. The Morgan fingerprint density at radius 2 is 1.60 bits per heavy atom. The molecule has 2 unspecified atom stereocenters. The summed E-state index contributed by atoms with van der Waals surface area (Å²) in [4.78, 5) is 24.5. The third-order valence-electron chi connectivity index (χ3n) is 3.99. The zero-order chi connectivity index (χ0) is 18.0. The summed E-state index contributed by atoms with van der Waals surface area (Å²) in [5, 5.41) is 6.34. The molecule has 0 aromatic heterocycles. The van der Waals surface area contributed by atoms with E-state index in [9.17, 15) is 9.59 Å². The molecular formula is C18H16Cl2N2O3. The Balaban J connectivity index is 1.56. The first-order valence-electron chi connectivity index (χ1n) is 7.69. The lowest BCUT2D eigenvalue weighted by Crippen LogP contribution is -2.20.